The first-order valence-electron chi connectivity index (χ1n) is 16.7. The Hall–Kier alpha value is -6.50. The molecule has 0 amide bonds. The van der Waals surface area contributed by atoms with Gasteiger partial charge in [0.25, 0.3) is 0 Å². The average molecular weight is 746 g/mol. The Morgan fingerprint density at radius 1 is 0.582 bits per heavy atom. The standard InChI is InChI=1S/C14H16N3.C13H18N5.C12H15N5.3CH3/c1-16-10-8-13(9-11-16)12-15-17(2)14-6-4-3-5-7-14;1-16(2)12-7-5-11(6-8-12)14-15-13-17(3)9-10-18(13)4;1-13-10-4-6-11(7-5-10)14-15-12-16(2)8-9-17(12)3;;;/h3-12H,1-2H3;5-10H,1-4H3;4-9H,1-3H3;3*1H3/q2*+1;;3*-1/p+1. The molecule has 13 heteroatoms. The van der Waals surface area contributed by atoms with Gasteiger partial charge in [0.1, 0.15) is 18.4 Å². The van der Waals surface area contributed by atoms with E-state index in [4.69, 9.17) is 0 Å². The zero-order valence-electron chi connectivity index (χ0n) is 34.6. The van der Waals surface area contributed by atoms with Gasteiger partial charge in [-0.25, -0.2) is 22.8 Å². The Balaban J connectivity index is 0.000000402. The van der Waals surface area contributed by atoms with Crippen LogP contribution in [0.2, 0.25) is 0 Å². The van der Waals surface area contributed by atoms with Crippen molar-refractivity contribution in [2.75, 3.05) is 43.4 Å². The van der Waals surface area contributed by atoms with Crippen LogP contribution in [0.3, 0.4) is 0 Å². The van der Waals surface area contributed by atoms with E-state index >= 15 is 0 Å². The molecule has 0 aliphatic rings. The van der Waals surface area contributed by atoms with Crippen molar-refractivity contribution in [2.45, 2.75) is 0 Å². The van der Waals surface area contributed by atoms with Gasteiger partial charge >= 0.3 is 11.9 Å². The Morgan fingerprint density at radius 3 is 1.47 bits per heavy atom. The number of anilines is 3. The number of para-hydroxylation sites is 1. The summed E-state index contributed by atoms with van der Waals surface area (Å²) in [6, 6.07) is 29.9. The molecule has 6 rings (SSSR count). The van der Waals surface area contributed by atoms with Gasteiger partial charge < -0.3 is 32.5 Å². The number of rotatable bonds is 9. The molecule has 13 nitrogen and oxygen atoms in total. The second-order valence-electron chi connectivity index (χ2n) is 12.1. The van der Waals surface area contributed by atoms with Gasteiger partial charge in [-0.3, -0.25) is 5.01 Å². The fourth-order valence-electron chi connectivity index (χ4n) is 4.63. The van der Waals surface area contributed by atoms with Crippen LogP contribution in [0.25, 0.3) is 0 Å². The summed E-state index contributed by atoms with van der Waals surface area (Å²) < 4.78 is 9.70. The summed E-state index contributed by atoms with van der Waals surface area (Å²) in [6.45, 7) is 0. The van der Waals surface area contributed by atoms with Crippen molar-refractivity contribution in [2.24, 2.45) is 60.8 Å². The van der Waals surface area contributed by atoms with Crippen LogP contribution in [-0.4, -0.2) is 43.5 Å². The number of pyridine rings is 1. The molecule has 3 aromatic carbocycles. The maximum atomic E-state index is 4.39. The predicted molar refractivity (Wildman–Crippen MR) is 228 cm³/mol. The second-order valence-corrected chi connectivity index (χ2v) is 12.1. The molecule has 0 radical (unpaired) electrons. The van der Waals surface area contributed by atoms with E-state index in [2.05, 4.69) is 35.8 Å². The smallest absolute Gasteiger partial charge is 0.388 e. The minimum Gasteiger partial charge on any atom is -0.388 e. The van der Waals surface area contributed by atoms with E-state index in [9.17, 15) is 0 Å². The molecule has 0 saturated heterocycles. The zero-order chi connectivity index (χ0) is 37.5. The Labute approximate surface area is 328 Å². The monoisotopic (exact) mass is 746 g/mol. The highest BCUT2D eigenvalue weighted by Crippen LogP contribution is 2.20. The molecule has 0 saturated carbocycles. The number of hydrogen-bond acceptors (Lipinski definition) is 8. The van der Waals surface area contributed by atoms with Crippen LogP contribution < -0.4 is 28.9 Å². The van der Waals surface area contributed by atoms with Crippen LogP contribution in [0.15, 0.2) is 154 Å². The number of benzene rings is 3. The maximum Gasteiger partial charge on any atom is 0.421 e. The van der Waals surface area contributed by atoms with Gasteiger partial charge in [0, 0.05) is 67.5 Å². The van der Waals surface area contributed by atoms with E-state index in [1.165, 1.54) is 0 Å². The summed E-state index contributed by atoms with van der Waals surface area (Å²) in [4.78, 5) is 2.05. The second kappa shape index (κ2) is 23.2. The van der Waals surface area contributed by atoms with Crippen molar-refractivity contribution in [1.29, 1.82) is 0 Å². The van der Waals surface area contributed by atoms with Crippen LogP contribution in [0.4, 0.5) is 40.3 Å². The largest absolute Gasteiger partial charge is 0.421 e. The lowest BCUT2D eigenvalue weighted by Gasteiger charge is -2.11. The van der Waals surface area contributed by atoms with E-state index in [-0.39, 0.29) is 22.3 Å². The van der Waals surface area contributed by atoms with Crippen LogP contribution in [-0.2, 0) is 35.2 Å². The molecule has 0 aliphatic carbocycles. The van der Waals surface area contributed by atoms with Gasteiger partial charge in [-0.1, -0.05) is 28.4 Å². The third-order valence-corrected chi connectivity index (χ3v) is 7.84. The number of nitrogens with zero attached hydrogens (tertiary/aromatic N) is 12. The molecule has 3 aromatic heterocycles. The summed E-state index contributed by atoms with van der Waals surface area (Å²) in [5, 5.41) is 26.2. The molecule has 3 heterocycles. The molecule has 6 aromatic rings. The topological polar surface area (TPSA) is 102 Å². The summed E-state index contributed by atoms with van der Waals surface area (Å²) in [6.07, 6.45) is 13.6. The Kier molecular flexibility index (Phi) is 19.6. The summed E-state index contributed by atoms with van der Waals surface area (Å²) in [7, 11) is 17.6. The van der Waals surface area contributed by atoms with E-state index in [0.717, 1.165) is 45.9 Å². The number of imidazole rings is 2. The molecule has 0 spiro atoms. The highest BCUT2D eigenvalue weighted by atomic mass is 15.4. The molecule has 0 bridgehead atoms. The average Bonchev–Trinajstić information content (AvgIpc) is 3.67. The van der Waals surface area contributed by atoms with Crippen molar-refractivity contribution in [1.82, 2.24) is 9.13 Å². The van der Waals surface area contributed by atoms with Crippen molar-refractivity contribution in [3.63, 3.8) is 0 Å². The molecular formula is C42H59N13. The van der Waals surface area contributed by atoms with Gasteiger partial charge in [0.05, 0.1) is 64.9 Å². The fraction of sp³-hybridized carbons (Fsp3) is 0.214. The number of hydrazone groups is 1. The molecule has 0 unspecified atom stereocenters. The van der Waals surface area contributed by atoms with Gasteiger partial charge in [-0.05, 0) is 60.7 Å². The lowest BCUT2D eigenvalue weighted by Crippen LogP contribution is -2.25. The highest BCUT2D eigenvalue weighted by Gasteiger charge is 2.11. The van der Waals surface area contributed by atoms with Crippen molar-refractivity contribution < 1.29 is 13.7 Å². The van der Waals surface area contributed by atoms with Gasteiger partial charge in [0.2, 0.25) is 0 Å². The minimum absolute atomic E-state index is 0. The molecular weight excluding hydrogens is 687 g/mol. The van der Waals surface area contributed by atoms with Crippen LogP contribution in [0, 0.1) is 22.3 Å². The first-order chi connectivity index (χ1) is 25.0. The van der Waals surface area contributed by atoms with E-state index in [1.54, 1.807) is 0 Å². The normalized spacial score (nSPS) is 10.3. The lowest BCUT2D eigenvalue weighted by atomic mass is 10.3. The number of aryl methyl sites for hydroxylation is 5. The SMILES string of the molecule is CN(C)c1ccc(N=Nc2n(C)cc[n+]2C)cc1.CN(N=Cc1cc[n+](C)cc1)c1ccccc1.CNc1ccc(N=Nc2n(C)cc[n+]2C)cc1.[CH3-].[CH3-].[CH3-]. The summed E-state index contributed by atoms with van der Waals surface area (Å²) in [5.41, 5.74) is 6.06. The summed E-state index contributed by atoms with van der Waals surface area (Å²) >= 11 is 0. The van der Waals surface area contributed by atoms with Crippen LogP contribution >= 0.6 is 0 Å². The van der Waals surface area contributed by atoms with Gasteiger partial charge in [0.15, 0.2) is 12.4 Å². The fourth-order valence-corrected chi connectivity index (χ4v) is 4.63. The number of aromatic nitrogens is 5. The molecule has 1 N–H and O–H groups in total. The molecule has 0 aliphatic heterocycles. The lowest BCUT2D eigenvalue weighted by molar-refractivity contribution is -0.671. The minimum atomic E-state index is 0. The van der Waals surface area contributed by atoms with Crippen molar-refractivity contribution >= 4 is 46.5 Å². The maximum absolute atomic E-state index is 4.39. The quantitative estimate of drug-likeness (QED) is 0.0534. The predicted octanol–water partition coefficient (Wildman–Crippen LogP) is 7.97. The number of hydrogen-bond donors (Lipinski definition) is 1. The molecule has 0 atom stereocenters. The number of nitrogens with one attached hydrogen (secondary N) is 1. The number of azo groups is 2. The van der Waals surface area contributed by atoms with Gasteiger partial charge in [-0.15, -0.1) is 0 Å². The Morgan fingerprint density at radius 2 is 1.05 bits per heavy atom. The molecule has 292 valence electrons. The van der Waals surface area contributed by atoms with Crippen LogP contribution in [0.1, 0.15) is 5.56 Å². The first kappa shape index (κ1) is 46.5. The van der Waals surface area contributed by atoms with Crippen molar-refractivity contribution in [3.8, 4) is 0 Å². The van der Waals surface area contributed by atoms with E-state index in [1.807, 2.05) is 226 Å². The van der Waals surface area contributed by atoms with Crippen LogP contribution in [0.5, 0.6) is 0 Å². The third-order valence-electron chi connectivity index (χ3n) is 7.84. The molecule has 0 fully saturated rings. The van der Waals surface area contributed by atoms with E-state index in [0.29, 0.717) is 0 Å². The highest BCUT2D eigenvalue weighted by molar-refractivity contribution is 5.79. The van der Waals surface area contributed by atoms with E-state index < -0.39 is 0 Å². The third kappa shape index (κ3) is 14.4. The van der Waals surface area contributed by atoms with Crippen molar-refractivity contribution in [3.05, 3.63) is 156 Å². The Bertz CT molecular complexity index is 2000. The zero-order valence-corrected chi connectivity index (χ0v) is 34.6. The summed E-state index contributed by atoms with van der Waals surface area (Å²) in [5.74, 6) is 1.62. The first-order valence-corrected chi connectivity index (χ1v) is 16.7. The van der Waals surface area contributed by atoms with Gasteiger partial charge in [-0.2, -0.15) is 5.10 Å². The molecule has 55 heavy (non-hydrogen) atoms.